The summed E-state index contributed by atoms with van der Waals surface area (Å²) < 4.78 is 23.5. The smallest absolute Gasteiger partial charge is 0.262 e. The number of thiophene rings is 1. The van der Waals surface area contributed by atoms with Crippen LogP contribution < -0.4 is 4.72 Å². The monoisotopic (exact) mass is 190 g/mol. The average molecular weight is 190 g/mol. The fraction of sp³-hybridized carbons (Fsp3) is 0. The van der Waals surface area contributed by atoms with E-state index in [9.17, 15) is 13.2 Å². The molecule has 0 aromatic carbocycles. The van der Waals surface area contributed by atoms with E-state index in [0.29, 0.717) is 0 Å². The SMILES string of the molecule is O=[C]NS(=O)(=O)c1ccsc1. The Morgan fingerprint density at radius 2 is 2.27 bits per heavy atom. The van der Waals surface area contributed by atoms with Crippen LogP contribution in [0.25, 0.3) is 0 Å². The molecule has 1 radical (unpaired) electrons. The molecule has 0 saturated heterocycles. The summed E-state index contributed by atoms with van der Waals surface area (Å²) in [6.45, 7) is 0. The largest absolute Gasteiger partial charge is 0.324 e. The van der Waals surface area contributed by atoms with Crippen molar-refractivity contribution in [2.45, 2.75) is 4.90 Å². The molecule has 6 heteroatoms. The summed E-state index contributed by atoms with van der Waals surface area (Å²) in [7, 11) is -3.63. The molecule has 0 fully saturated rings. The topological polar surface area (TPSA) is 63.2 Å². The zero-order chi connectivity index (χ0) is 8.32. The standard InChI is InChI=1S/C5H4NO3S2/c7-4-6-11(8,9)5-1-2-10-3-5/h1-3H,(H,6,7). The highest BCUT2D eigenvalue weighted by atomic mass is 32.2. The van der Waals surface area contributed by atoms with Gasteiger partial charge in [-0.05, 0) is 11.4 Å². The fourth-order valence-electron chi connectivity index (χ4n) is 0.519. The van der Waals surface area contributed by atoms with Gasteiger partial charge in [0, 0.05) is 5.38 Å². The molecule has 1 aromatic rings. The summed E-state index contributed by atoms with van der Waals surface area (Å²) in [4.78, 5) is 9.79. The zero-order valence-corrected chi connectivity index (χ0v) is 6.91. The summed E-state index contributed by atoms with van der Waals surface area (Å²) in [5.41, 5.74) is 0. The van der Waals surface area contributed by atoms with Crippen molar-refractivity contribution in [2.24, 2.45) is 0 Å². The Morgan fingerprint density at radius 3 is 2.73 bits per heavy atom. The minimum absolute atomic E-state index is 0.0888. The van der Waals surface area contributed by atoms with Crippen molar-refractivity contribution in [2.75, 3.05) is 0 Å². The number of sulfonamides is 1. The highest BCUT2D eigenvalue weighted by Crippen LogP contribution is 2.11. The Hall–Kier alpha value is -0.880. The molecule has 1 rings (SSSR count). The molecular weight excluding hydrogens is 186 g/mol. The van der Waals surface area contributed by atoms with E-state index in [0.717, 1.165) is 6.41 Å². The third-order valence-electron chi connectivity index (χ3n) is 0.981. The maximum absolute atomic E-state index is 10.9. The molecule has 1 aromatic heterocycles. The van der Waals surface area contributed by atoms with E-state index in [1.54, 1.807) is 10.1 Å². The lowest BCUT2D eigenvalue weighted by Gasteiger charge is -1.94. The molecule has 0 unspecified atom stereocenters. The van der Waals surface area contributed by atoms with Crippen LogP contribution in [-0.2, 0) is 14.8 Å². The first-order valence-electron chi connectivity index (χ1n) is 2.58. The molecule has 59 valence electrons. The minimum atomic E-state index is -3.63. The first-order chi connectivity index (χ1) is 5.17. The second-order valence-corrected chi connectivity index (χ2v) is 4.13. The first-order valence-corrected chi connectivity index (χ1v) is 5.00. The number of hydrogen-bond donors (Lipinski definition) is 1. The summed E-state index contributed by atoms with van der Waals surface area (Å²) in [5, 5.41) is 3.04. The molecule has 0 atom stereocenters. The van der Waals surface area contributed by atoms with Crippen molar-refractivity contribution in [3.05, 3.63) is 16.8 Å². The maximum Gasteiger partial charge on any atom is 0.324 e. The summed E-state index contributed by atoms with van der Waals surface area (Å²) in [5.74, 6) is 0. The van der Waals surface area contributed by atoms with Gasteiger partial charge in [-0.2, -0.15) is 11.3 Å². The lowest BCUT2D eigenvalue weighted by atomic mass is 10.7. The Bertz CT molecular complexity index is 327. The van der Waals surface area contributed by atoms with Crippen molar-refractivity contribution in [1.29, 1.82) is 0 Å². The number of hydrogen-bond acceptors (Lipinski definition) is 4. The van der Waals surface area contributed by atoms with Crippen LogP contribution in [0.15, 0.2) is 21.7 Å². The van der Waals surface area contributed by atoms with Gasteiger partial charge < -0.3 is 0 Å². The summed E-state index contributed by atoms with van der Waals surface area (Å²) in [6.07, 6.45) is 1.11. The van der Waals surface area contributed by atoms with E-state index in [1.165, 1.54) is 22.8 Å². The van der Waals surface area contributed by atoms with Crippen LogP contribution in [0.2, 0.25) is 0 Å². The first kappa shape index (κ1) is 8.22. The number of rotatable bonds is 3. The van der Waals surface area contributed by atoms with Gasteiger partial charge in [-0.25, -0.2) is 13.1 Å². The van der Waals surface area contributed by atoms with Gasteiger partial charge in [0.25, 0.3) is 10.0 Å². The highest BCUT2D eigenvalue weighted by molar-refractivity contribution is 7.90. The lowest BCUT2D eigenvalue weighted by Crippen LogP contribution is -2.20. The lowest BCUT2D eigenvalue weighted by molar-refractivity contribution is 0.547. The Labute approximate surface area is 67.9 Å². The number of carbonyl (C=O) groups excluding carboxylic acids is 1. The van der Waals surface area contributed by atoms with Crippen LogP contribution in [0.4, 0.5) is 0 Å². The van der Waals surface area contributed by atoms with E-state index in [2.05, 4.69) is 0 Å². The number of amides is 1. The fourth-order valence-corrected chi connectivity index (χ4v) is 2.27. The van der Waals surface area contributed by atoms with Gasteiger partial charge in [0.05, 0.1) is 4.90 Å². The Morgan fingerprint density at radius 1 is 1.55 bits per heavy atom. The molecule has 0 spiro atoms. The van der Waals surface area contributed by atoms with Crippen molar-refractivity contribution in [3.63, 3.8) is 0 Å². The van der Waals surface area contributed by atoms with E-state index in [1.807, 2.05) is 0 Å². The second-order valence-electron chi connectivity index (χ2n) is 1.67. The molecule has 0 bridgehead atoms. The van der Waals surface area contributed by atoms with Crippen LogP contribution in [0.3, 0.4) is 0 Å². The van der Waals surface area contributed by atoms with Crippen LogP contribution in [0.1, 0.15) is 0 Å². The van der Waals surface area contributed by atoms with Gasteiger partial charge in [-0.15, -0.1) is 0 Å². The normalized spacial score (nSPS) is 10.9. The molecule has 0 aliphatic rings. The maximum atomic E-state index is 10.9. The van der Waals surface area contributed by atoms with Crippen LogP contribution in [0.5, 0.6) is 0 Å². The molecule has 1 heterocycles. The van der Waals surface area contributed by atoms with Crippen molar-refractivity contribution in [3.8, 4) is 0 Å². The molecule has 11 heavy (non-hydrogen) atoms. The van der Waals surface area contributed by atoms with Gasteiger partial charge in [0.15, 0.2) is 0 Å². The van der Waals surface area contributed by atoms with E-state index >= 15 is 0 Å². The predicted molar refractivity (Wildman–Crippen MR) is 40.3 cm³/mol. The van der Waals surface area contributed by atoms with E-state index in [4.69, 9.17) is 0 Å². The van der Waals surface area contributed by atoms with Gasteiger partial charge in [-0.1, -0.05) is 0 Å². The molecular formula is C5H4NO3S2. The second kappa shape index (κ2) is 3.02. The van der Waals surface area contributed by atoms with Crippen molar-refractivity contribution >= 4 is 27.8 Å². The number of nitrogens with one attached hydrogen (secondary N) is 1. The van der Waals surface area contributed by atoms with Crippen LogP contribution >= 0.6 is 11.3 Å². The Balaban J connectivity index is 3.01. The molecule has 1 amide bonds. The van der Waals surface area contributed by atoms with E-state index in [-0.39, 0.29) is 4.90 Å². The molecule has 0 saturated carbocycles. The van der Waals surface area contributed by atoms with Gasteiger partial charge >= 0.3 is 6.41 Å². The van der Waals surface area contributed by atoms with Crippen LogP contribution in [0, 0.1) is 0 Å². The molecule has 1 N–H and O–H groups in total. The van der Waals surface area contributed by atoms with E-state index < -0.39 is 10.0 Å². The summed E-state index contributed by atoms with van der Waals surface area (Å²) >= 11 is 1.24. The molecule has 4 nitrogen and oxygen atoms in total. The molecule has 0 aliphatic heterocycles. The predicted octanol–water partition coefficient (Wildman–Crippen LogP) is 0.0936. The van der Waals surface area contributed by atoms with Gasteiger partial charge in [0.1, 0.15) is 0 Å². The third-order valence-corrected chi connectivity index (χ3v) is 3.04. The van der Waals surface area contributed by atoms with Gasteiger partial charge in [0.2, 0.25) is 0 Å². The van der Waals surface area contributed by atoms with Crippen LogP contribution in [-0.4, -0.2) is 14.8 Å². The summed E-state index contributed by atoms with van der Waals surface area (Å²) in [6, 6.07) is 1.41. The third kappa shape index (κ3) is 1.78. The Kier molecular flexibility index (Phi) is 2.25. The van der Waals surface area contributed by atoms with Gasteiger partial charge in [-0.3, -0.25) is 4.79 Å². The van der Waals surface area contributed by atoms with Crippen molar-refractivity contribution < 1.29 is 13.2 Å². The quantitative estimate of drug-likeness (QED) is 0.687. The minimum Gasteiger partial charge on any atom is -0.262 e. The zero-order valence-electron chi connectivity index (χ0n) is 5.27. The van der Waals surface area contributed by atoms with Crippen molar-refractivity contribution in [1.82, 2.24) is 4.72 Å². The molecule has 0 aliphatic carbocycles. The highest BCUT2D eigenvalue weighted by Gasteiger charge is 2.12. The average Bonchev–Trinajstić information content (AvgIpc) is 2.37.